The summed E-state index contributed by atoms with van der Waals surface area (Å²) in [5.74, 6) is 0. The molecule has 0 spiro atoms. The summed E-state index contributed by atoms with van der Waals surface area (Å²) in [7, 11) is -1.70. The Kier molecular flexibility index (Phi) is 3.51. The third-order valence-corrected chi connectivity index (χ3v) is 5.18. The molecule has 0 amide bonds. The number of aryl methyl sites for hydroxylation is 1. The first-order chi connectivity index (χ1) is 9.97. The number of benzene rings is 2. The molecule has 0 fully saturated rings. The maximum absolute atomic E-state index is 12.4. The van der Waals surface area contributed by atoms with Crippen molar-refractivity contribution in [1.29, 1.82) is 0 Å². The second-order valence-corrected chi connectivity index (χ2v) is 7.33. The van der Waals surface area contributed by atoms with Gasteiger partial charge in [-0.15, -0.1) is 0 Å². The van der Waals surface area contributed by atoms with Crippen LogP contribution in [0.15, 0.2) is 64.1 Å². The standard InChI is InChI=1S/C15H13BrN2O2S/c1-18-10-14(13-4-2-3-5-15(13)18)17-21(19,20)12-8-6-11(16)7-9-12/h2-10,17H,1H3. The Labute approximate surface area is 131 Å². The van der Waals surface area contributed by atoms with E-state index in [1.54, 1.807) is 30.5 Å². The first-order valence-corrected chi connectivity index (χ1v) is 8.57. The molecular weight excluding hydrogens is 352 g/mol. The zero-order valence-corrected chi connectivity index (χ0v) is 13.6. The molecule has 2 aromatic carbocycles. The van der Waals surface area contributed by atoms with Crippen molar-refractivity contribution in [3.8, 4) is 0 Å². The molecular formula is C15H13BrN2O2S. The number of hydrogen-bond acceptors (Lipinski definition) is 2. The van der Waals surface area contributed by atoms with E-state index in [1.165, 1.54) is 0 Å². The lowest BCUT2D eigenvalue weighted by atomic mass is 10.2. The highest BCUT2D eigenvalue weighted by molar-refractivity contribution is 9.10. The largest absolute Gasteiger partial charge is 0.348 e. The van der Waals surface area contributed by atoms with Crippen LogP contribution in [0.3, 0.4) is 0 Å². The molecule has 0 saturated carbocycles. The minimum atomic E-state index is -3.59. The molecule has 0 bridgehead atoms. The summed E-state index contributed by atoms with van der Waals surface area (Å²) < 4.78 is 30.3. The molecule has 4 nitrogen and oxygen atoms in total. The van der Waals surface area contributed by atoms with E-state index < -0.39 is 10.0 Å². The van der Waals surface area contributed by atoms with Gasteiger partial charge in [-0.05, 0) is 30.3 Å². The molecule has 3 rings (SSSR count). The number of nitrogens with zero attached hydrogens (tertiary/aromatic N) is 1. The van der Waals surface area contributed by atoms with E-state index in [9.17, 15) is 8.42 Å². The van der Waals surface area contributed by atoms with Crippen molar-refractivity contribution in [2.45, 2.75) is 4.90 Å². The summed E-state index contributed by atoms with van der Waals surface area (Å²) >= 11 is 3.30. The monoisotopic (exact) mass is 364 g/mol. The molecule has 108 valence electrons. The van der Waals surface area contributed by atoms with E-state index in [2.05, 4.69) is 20.7 Å². The van der Waals surface area contributed by atoms with Crippen LogP contribution in [0.5, 0.6) is 0 Å². The number of hydrogen-bond donors (Lipinski definition) is 1. The summed E-state index contributed by atoms with van der Waals surface area (Å²) in [4.78, 5) is 0.235. The smallest absolute Gasteiger partial charge is 0.261 e. The van der Waals surface area contributed by atoms with Crippen LogP contribution < -0.4 is 4.72 Å². The van der Waals surface area contributed by atoms with E-state index in [0.29, 0.717) is 5.69 Å². The maximum Gasteiger partial charge on any atom is 0.261 e. The van der Waals surface area contributed by atoms with Crippen molar-refractivity contribution in [2.75, 3.05) is 4.72 Å². The van der Waals surface area contributed by atoms with Crippen LogP contribution in [-0.2, 0) is 17.1 Å². The van der Waals surface area contributed by atoms with Crippen LogP contribution in [0.4, 0.5) is 5.69 Å². The Morgan fingerprint density at radius 1 is 1.05 bits per heavy atom. The fraction of sp³-hybridized carbons (Fsp3) is 0.0667. The minimum absolute atomic E-state index is 0.235. The van der Waals surface area contributed by atoms with Crippen LogP contribution in [0, 0.1) is 0 Å². The van der Waals surface area contributed by atoms with Crippen LogP contribution >= 0.6 is 15.9 Å². The number of nitrogens with one attached hydrogen (secondary N) is 1. The van der Waals surface area contributed by atoms with Crippen molar-refractivity contribution in [1.82, 2.24) is 4.57 Å². The summed E-state index contributed by atoms with van der Waals surface area (Å²) in [5, 5.41) is 0.876. The number of aromatic nitrogens is 1. The van der Waals surface area contributed by atoms with Crippen LogP contribution in [0.25, 0.3) is 10.9 Å². The SMILES string of the molecule is Cn1cc(NS(=O)(=O)c2ccc(Br)cc2)c2ccccc21. The lowest BCUT2D eigenvalue weighted by molar-refractivity contribution is 0.601. The van der Waals surface area contributed by atoms with Gasteiger partial charge in [0.25, 0.3) is 10.0 Å². The Morgan fingerprint density at radius 3 is 2.43 bits per heavy atom. The number of para-hydroxylation sites is 1. The predicted octanol–water partition coefficient (Wildman–Crippen LogP) is 3.74. The molecule has 21 heavy (non-hydrogen) atoms. The Hall–Kier alpha value is -1.79. The van der Waals surface area contributed by atoms with Gasteiger partial charge in [-0.3, -0.25) is 4.72 Å². The van der Waals surface area contributed by atoms with Crippen molar-refractivity contribution in [3.63, 3.8) is 0 Å². The number of halogens is 1. The van der Waals surface area contributed by atoms with Gasteiger partial charge in [0.05, 0.1) is 10.6 Å². The molecule has 1 aromatic heterocycles. The van der Waals surface area contributed by atoms with Gasteiger partial charge in [0, 0.05) is 28.6 Å². The van der Waals surface area contributed by atoms with E-state index >= 15 is 0 Å². The van der Waals surface area contributed by atoms with Crippen molar-refractivity contribution in [2.24, 2.45) is 7.05 Å². The van der Waals surface area contributed by atoms with E-state index in [0.717, 1.165) is 15.4 Å². The molecule has 0 unspecified atom stereocenters. The molecule has 0 aliphatic rings. The zero-order valence-electron chi connectivity index (χ0n) is 11.2. The van der Waals surface area contributed by atoms with Gasteiger partial charge >= 0.3 is 0 Å². The molecule has 6 heteroatoms. The first kappa shape index (κ1) is 14.2. The van der Waals surface area contributed by atoms with E-state index in [-0.39, 0.29) is 4.90 Å². The number of fused-ring (bicyclic) bond motifs is 1. The number of anilines is 1. The molecule has 0 saturated heterocycles. The van der Waals surface area contributed by atoms with Crippen molar-refractivity contribution < 1.29 is 8.42 Å². The topological polar surface area (TPSA) is 51.1 Å². The Balaban J connectivity index is 2.03. The second-order valence-electron chi connectivity index (χ2n) is 4.73. The zero-order chi connectivity index (χ0) is 15.0. The normalized spacial score (nSPS) is 11.7. The highest BCUT2D eigenvalue weighted by Crippen LogP contribution is 2.27. The molecule has 1 N–H and O–H groups in total. The van der Waals surface area contributed by atoms with Gasteiger partial charge in [0.2, 0.25) is 0 Å². The van der Waals surface area contributed by atoms with Crippen molar-refractivity contribution >= 4 is 42.5 Å². The fourth-order valence-corrected chi connectivity index (χ4v) is 3.57. The Morgan fingerprint density at radius 2 is 1.71 bits per heavy atom. The molecule has 0 aliphatic heterocycles. The van der Waals surface area contributed by atoms with Gasteiger partial charge in [-0.1, -0.05) is 34.1 Å². The molecule has 0 radical (unpaired) electrons. The quantitative estimate of drug-likeness (QED) is 0.769. The number of rotatable bonds is 3. The third kappa shape index (κ3) is 2.69. The lowest BCUT2D eigenvalue weighted by Crippen LogP contribution is -2.12. The molecule has 3 aromatic rings. The summed E-state index contributed by atoms with van der Waals surface area (Å²) in [6.45, 7) is 0. The van der Waals surface area contributed by atoms with Crippen LogP contribution in [0.1, 0.15) is 0 Å². The fourth-order valence-electron chi connectivity index (χ4n) is 2.24. The van der Waals surface area contributed by atoms with E-state index in [1.807, 2.05) is 35.9 Å². The predicted molar refractivity (Wildman–Crippen MR) is 87.9 cm³/mol. The average molecular weight is 365 g/mol. The average Bonchev–Trinajstić information content (AvgIpc) is 2.76. The van der Waals surface area contributed by atoms with Gasteiger partial charge in [-0.25, -0.2) is 8.42 Å². The highest BCUT2D eigenvalue weighted by Gasteiger charge is 2.16. The molecule has 1 heterocycles. The minimum Gasteiger partial charge on any atom is -0.348 e. The van der Waals surface area contributed by atoms with Crippen LogP contribution in [0.2, 0.25) is 0 Å². The summed E-state index contributed by atoms with van der Waals surface area (Å²) in [5.41, 5.74) is 1.56. The van der Waals surface area contributed by atoms with Gasteiger partial charge in [-0.2, -0.15) is 0 Å². The molecule has 0 atom stereocenters. The first-order valence-electron chi connectivity index (χ1n) is 6.30. The molecule has 0 aliphatic carbocycles. The van der Waals surface area contributed by atoms with Crippen molar-refractivity contribution in [3.05, 3.63) is 59.2 Å². The van der Waals surface area contributed by atoms with Crippen LogP contribution in [-0.4, -0.2) is 13.0 Å². The van der Waals surface area contributed by atoms with Gasteiger partial charge in [0.1, 0.15) is 0 Å². The number of sulfonamides is 1. The summed E-state index contributed by atoms with van der Waals surface area (Å²) in [6, 6.07) is 14.2. The Bertz CT molecular complexity index is 899. The lowest BCUT2D eigenvalue weighted by Gasteiger charge is -2.07. The van der Waals surface area contributed by atoms with E-state index in [4.69, 9.17) is 0 Å². The van der Waals surface area contributed by atoms with Gasteiger partial charge in [0.15, 0.2) is 0 Å². The van der Waals surface area contributed by atoms with Gasteiger partial charge < -0.3 is 4.57 Å². The third-order valence-electron chi connectivity index (χ3n) is 3.27. The maximum atomic E-state index is 12.4. The summed E-state index contributed by atoms with van der Waals surface area (Å²) in [6.07, 6.45) is 1.78. The second kappa shape index (κ2) is 5.20. The highest BCUT2D eigenvalue weighted by atomic mass is 79.9.